The Hall–Kier alpha value is -3.18. The van der Waals surface area contributed by atoms with Gasteiger partial charge >= 0.3 is 0 Å². The summed E-state index contributed by atoms with van der Waals surface area (Å²) in [5.41, 5.74) is 3.35. The van der Waals surface area contributed by atoms with Crippen LogP contribution in [0.3, 0.4) is 0 Å². The van der Waals surface area contributed by atoms with E-state index in [0.29, 0.717) is 13.1 Å². The molecule has 2 heterocycles. The molecule has 30 heavy (non-hydrogen) atoms. The number of aromatic nitrogens is 1. The fourth-order valence-corrected chi connectivity index (χ4v) is 3.99. The molecule has 4 rings (SSSR count). The molecule has 2 aromatic carbocycles. The van der Waals surface area contributed by atoms with Gasteiger partial charge in [-0.1, -0.05) is 60.7 Å². The van der Waals surface area contributed by atoms with Crippen LogP contribution in [0.2, 0.25) is 0 Å². The minimum absolute atomic E-state index is 0.00883. The summed E-state index contributed by atoms with van der Waals surface area (Å²) in [5, 5.41) is 3.10. The van der Waals surface area contributed by atoms with Gasteiger partial charge < -0.3 is 9.88 Å². The van der Waals surface area contributed by atoms with E-state index >= 15 is 0 Å². The van der Waals surface area contributed by atoms with Gasteiger partial charge in [0, 0.05) is 25.4 Å². The lowest BCUT2D eigenvalue weighted by Gasteiger charge is -2.23. The quantitative estimate of drug-likeness (QED) is 0.662. The van der Waals surface area contributed by atoms with Gasteiger partial charge in [0.05, 0.1) is 12.6 Å². The van der Waals surface area contributed by atoms with Crippen LogP contribution < -0.4 is 10.9 Å². The highest BCUT2D eigenvalue weighted by Gasteiger charge is 2.30. The highest BCUT2D eigenvalue weighted by molar-refractivity contribution is 5.82. The monoisotopic (exact) mass is 401 g/mol. The molecule has 5 nitrogen and oxygen atoms in total. The van der Waals surface area contributed by atoms with Gasteiger partial charge in [0.1, 0.15) is 0 Å². The molecule has 154 valence electrons. The van der Waals surface area contributed by atoms with Crippen LogP contribution in [0.5, 0.6) is 0 Å². The number of carbonyl (C=O) groups excluding carboxylic acids is 1. The van der Waals surface area contributed by atoms with Gasteiger partial charge in [0.15, 0.2) is 0 Å². The Morgan fingerprint density at radius 3 is 2.33 bits per heavy atom. The Bertz CT molecular complexity index is 1030. The zero-order valence-corrected chi connectivity index (χ0v) is 17.0. The van der Waals surface area contributed by atoms with E-state index in [1.807, 2.05) is 48.5 Å². The zero-order valence-electron chi connectivity index (χ0n) is 17.0. The van der Waals surface area contributed by atoms with E-state index < -0.39 is 0 Å². The van der Waals surface area contributed by atoms with Crippen molar-refractivity contribution in [3.05, 3.63) is 106 Å². The number of hydrogen-bond acceptors (Lipinski definition) is 3. The molecule has 0 radical (unpaired) electrons. The van der Waals surface area contributed by atoms with Crippen molar-refractivity contribution in [2.45, 2.75) is 38.5 Å². The third-order valence-electron chi connectivity index (χ3n) is 5.64. The minimum Gasteiger partial charge on any atom is -0.351 e. The first-order valence-electron chi connectivity index (χ1n) is 10.5. The molecule has 3 aromatic rings. The SMILES string of the molecule is O=C(NCc1ccc(Cn2ccccc2=O)cc1)C1CCCN1Cc1ccccc1. The van der Waals surface area contributed by atoms with E-state index in [1.165, 1.54) is 5.56 Å². The van der Waals surface area contributed by atoms with Crippen molar-refractivity contribution in [3.63, 3.8) is 0 Å². The maximum atomic E-state index is 12.8. The number of pyridine rings is 1. The number of hydrogen-bond donors (Lipinski definition) is 1. The summed E-state index contributed by atoms with van der Waals surface area (Å²) in [4.78, 5) is 26.9. The van der Waals surface area contributed by atoms with Crippen LogP contribution in [0.15, 0.2) is 83.8 Å². The Kier molecular flexibility index (Phi) is 6.40. The number of nitrogens with one attached hydrogen (secondary N) is 1. The summed E-state index contributed by atoms with van der Waals surface area (Å²) in [6.45, 7) is 2.83. The minimum atomic E-state index is -0.0607. The van der Waals surface area contributed by atoms with Crippen LogP contribution >= 0.6 is 0 Å². The molecule has 1 aliphatic heterocycles. The average molecular weight is 402 g/mol. The first kappa shape index (κ1) is 20.1. The molecular formula is C25H27N3O2. The molecular weight excluding hydrogens is 374 g/mol. The second-order valence-electron chi connectivity index (χ2n) is 7.82. The highest BCUT2D eigenvalue weighted by Crippen LogP contribution is 2.20. The molecule has 0 aliphatic carbocycles. The van der Waals surface area contributed by atoms with Gasteiger partial charge in [-0.2, -0.15) is 0 Å². The molecule has 1 saturated heterocycles. The van der Waals surface area contributed by atoms with Crippen LogP contribution in [0.1, 0.15) is 29.5 Å². The van der Waals surface area contributed by atoms with Crippen molar-refractivity contribution in [1.82, 2.24) is 14.8 Å². The van der Waals surface area contributed by atoms with E-state index in [0.717, 1.165) is 37.1 Å². The molecule has 0 saturated carbocycles. The van der Waals surface area contributed by atoms with Crippen molar-refractivity contribution in [3.8, 4) is 0 Å². The second kappa shape index (κ2) is 9.55. The third kappa shape index (κ3) is 5.05. The summed E-state index contributed by atoms with van der Waals surface area (Å²) >= 11 is 0. The Morgan fingerprint density at radius 2 is 1.57 bits per heavy atom. The molecule has 0 spiro atoms. The van der Waals surface area contributed by atoms with Gasteiger partial charge in [-0.25, -0.2) is 0 Å². The average Bonchev–Trinajstić information content (AvgIpc) is 3.23. The summed E-state index contributed by atoms with van der Waals surface area (Å²) in [6.07, 6.45) is 3.75. The van der Waals surface area contributed by atoms with Gasteiger partial charge in [-0.15, -0.1) is 0 Å². The largest absolute Gasteiger partial charge is 0.351 e. The van der Waals surface area contributed by atoms with Gasteiger partial charge in [-0.05, 0) is 42.1 Å². The van der Waals surface area contributed by atoms with Crippen LogP contribution in [0.4, 0.5) is 0 Å². The normalized spacial score (nSPS) is 16.5. The Morgan fingerprint density at radius 1 is 0.867 bits per heavy atom. The Labute approximate surface area is 177 Å². The van der Waals surface area contributed by atoms with Gasteiger partial charge in [0.25, 0.3) is 5.56 Å². The number of carbonyl (C=O) groups is 1. The van der Waals surface area contributed by atoms with E-state index in [9.17, 15) is 9.59 Å². The van der Waals surface area contributed by atoms with Crippen molar-refractivity contribution < 1.29 is 4.79 Å². The van der Waals surface area contributed by atoms with E-state index in [-0.39, 0.29) is 17.5 Å². The van der Waals surface area contributed by atoms with E-state index in [2.05, 4.69) is 22.3 Å². The number of likely N-dealkylation sites (tertiary alicyclic amines) is 1. The number of rotatable bonds is 7. The Balaban J connectivity index is 1.31. The standard InChI is InChI=1S/C25H27N3O2/c29-24-10-4-5-15-28(24)19-22-13-11-20(12-14-22)17-26-25(30)23-9-6-16-27(23)18-21-7-2-1-3-8-21/h1-5,7-8,10-15,23H,6,9,16-19H2,(H,26,30). The molecule has 1 aliphatic rings. The summed E-state index contributed by atoms with van der Waals surface area (Å²) in [6, 6.07) is 23.5. The first-order chi connectivity index (χ1) is 14.7. The zero-order chi connectivity index (χ0) is 20.8. The molecule has 0 bridgehead atoms. The molecule has 5 heteroatoms. The fourth-order valence-electron chi connectivity index (χ4n) is 3.99. The fraction of sp³-hybridized carbons (Fsp3) is 0.280. The molecule has 1 aromatic heterocycles. The summed E-state index contributed by atoms with van der Waals surface area (Å²) < 4.78 is 1.68. The molecule has 1 amide bonds. The third-order valence-corrected chi connectivity index (χ3v) is 5.64. The molecule has 1 N–H and O–H groups in total. The van der Waals surface area contributed by atoms with E-state index in [1.54, 1.807) is 22.9 Å². The van der Waals surface area contributed by atoms with Crippen molar-refractivity contribution in [2.24, 2.45) is 0 Å². The van der Waals surface area contributed by atoms with Crippen molar-refractivity contribution in [1.29, 1.82) is 0 Å². The van der Waals surface area contributed by atoms with Gasteiger partial charge in [-0.3, -0.25) is 14.5 Å². The molecule has 1 unspecified atom stereocenters. The number of benzene rings is 2. The number of amides is 1. The second-order valence-corrected chi connectivity index (χ2v) is 7.82. The van der Waals surface area contributed by atoms with Crippen LogP contribution in [0.25, 0.3) is 0 Å². The molecule has 1 atom stereocenters. The number of nitrogens with zero attached hydrogens (tertiary/aromatic N) is 2. The lowest BCUT2D eigenvalue weighted by Crippen LogP contribution is -2.42. The summed E-state index contributed by atoms with van der Waals surface area (Å²) in [5.74, 6) is 0.100. The molecule has 1 fully saturated rings. The lowest BCUT2D eigenvalue weighted by molar-refractivity contribution is -0.125. The van der Waals surface area contributed by atoms with E-state index in [4.69, 9.17) is 0 Å². The first-order valence-corrected chi connectivity index (χ1v) is 10.5. The predicted molar refractivity (Wildman–Crippen MR) is 118 cm³/mol. The topological polar surface area (TPSA) is 54.3 Å². The predicted octanol–water partition coefficient (Wildman–Crippen LogP) is 3.18. The van der Waals surface area contributed by atoms with Crippen LogP contribution in [0, 0.1) is 0 Å². The smallest absolute Gasteiger partial charge is 0.250 e. The maximum Gasteiger partial charge on any atom is 0.250 e. The maximum absolute atomic E-state index is 12.8. The summed E-state index contributed by atoms with van der Waals surface area (Å²) in [7, 11) is 0. The van der Waals surface area contributed by atoms with Gasteiger partial charge in [0.2, 0.25) is 5.91 Å². The van der Waals surface area contributed by atoms with Crippen LogP contribution in [-0.2, 0) is 24.4 Å². The van der Waals surface area contributed by atoms with Crippen molar-refractivity contribution >= 4 is 5.91 Å². The van der Waals surface area contributed by atoms with Crippen LogP contribution in [-0.4, -0.2) is 28.0 Å². The highest BCUT2D eigenvalue weighted by atomic mass is 16.2. The lowest BCUT2D eigenvalue weighted by atomic mass is 10.1. The van der Waals surface area contributed by atoms with Crippen molar-refractivity contribution in [2.75, 3.05) is 6.54 Å².